The molecule has 0 saturated carbocycles. The summed E-state index contributed by atoms with van der Waals surface area (Å²) in [7, 11) is 0. The lowest BCUT2D eigenvalue weighted by atomic mass is 9.80. The van der Waals surface area contributed by atoms with Crippen molar-refractivity contribution in [2.45, 2.75) is 107 Å². The monoisotopic (exact) mass is 898 g/mol. The van der Waals surface area contributed by atoms with Crippen LogP contribution in [0.3, 0.4) is 0 Å². The molecule has 0 amide bonds. The molecule has 0 aliphatic heterocycles. The van der Waals surface area contributed by atoms with E-state index in [1.807, 2.05) is 0 Å². The third-order valence-corrected chi connectivity index (χ3v) is 18.3. The maximum absolute atomic E-state index is 2.68. The molecular formula is C70H58. The highest BCUT2D eigenvalue weighted by Crippen LogP contribution is 2.63. The summed E-state index contributed by atoms with van der Waals surface area (Å²) >= 11 is 0. The molecule has 0 fully saturated rings. The first-order chi connectivity index (χ1) is 34.5. The molecule has 0 radical (unpaired) electrons. The second-order valence-corrected chi connectivity index (χ2v) is 20.8. The average molecular weight is 899 g/mol. The van der Waals surface area contributed by atoms with Crippen LogP contribution < -0.4 is 0 Å². The molecule has 0 spiro atoms. The summed E-state index contributed by atoms with van der Waals surface area (Å²) in [5.74, 6) is 0. The number of hydrogen-bond donors (Lipinski definition) is 0. The van der Waals surface area contributed by atoms with Gasteiger partial charge in [-0.1, -0.05) is 152 Å². The molecular weight excluding hydrogens is 841 g/mol. The zero-order valence-corrected chi connectivity index (χ0v) is 42.0. The van der Waals surface area contributed by atoms with Crippen LogP contribution in [0.15, 0.2) is 109 Å². The van der Waals surface area contributed by atoms with E-state index >= 15 is 0 Å². The topological polar surface area (TPSA) is 0 Å². The predicted octanol–water partition coefficient (Wildman–Crippen LogP) is 19.7. The van der Waals surface area contributed by atoms with Crippen LogP contribution in [-0.4, -0.2) is 0 Å². The van der Waals surface area contributed by atoms with E-state index in [9.17, 15) is 0 Å². The highest BCUT2D eigenvalue weighted by atomic mass is 14.4. The van der Waals surface area contributed by atoms with Crippen molar-refractivity contribution in [3.63, 3.8) is 0 Å². The molecule has 0 bridgehead atoms. The van der Waals surface area contributed by atoms with Gasteiger partial charge in [0.2, 0.25) is 0 Å². The summed E-state index contributed by atoms with van der Waals surface area (Å²) in [5, 5.41) is 17.5. The molecule has 11 aromatic carbocycles. The minimum atomic E-state index is 0.989. The second kappa shape index (κ2) is 14.3. The molecule has 4 aliphatic rings. The Morgan fingerprint density at radius 3 is 0.514 bits per heavy atom. The fourth-order valence-corrected chi connectivity index (χ4v) is 15.9. The van der Waals surface area contributed by atoms with Crippen LogP contribution in [0, 0.1) is 0 Å². The van der Waals surface area contributed by atoms with Crippen LogP contribution >= 0.6 is 0 Å². The van der Waals surface area contributed by atoms with Crippen molar-refractivity contribution in [1.29, 1.82) is 0 Å². The third kappa shape index (κ3) is 4.58. The van der Waals surface area contributed by atoms with Crippen molar-refractivity contribution in [3.05, 3.63) is 154 Å². The van der Waals surface area contributed by atoms with E-state index in [1.165, 1.54) is 198 Å². The van der Waals surface area contributed by atoms with Gasteiger partial charge in [-0.05, 0) is 262 Å². The molecule has 0 atom stereocenters. The van der Waals surface area contributed by atoms with E-state index in [-0.39, 0.29) is 0 Å². The first-order valence-corrected chi connectivity index (χ1v) is 26.9. The fourth-order valence-electron chi connectivity index (χ4n) is 15.9. The molecule has 338 valence electrons. The standard InChI is InChI=1S/C70H58/c1-9-35-43-21-17-18-22-44(43)36(10-2)60-48-26-30-52-64-40(14-6)56-34-58-42(16-8)66-54-32-28-50-62-38(12-4)46-24-20-19-23-45(46)37(11-3)61(62)49-27-31-53(70(54)68(49)50)65(66)41(15-7)57(58)33-55(56)39(13-5)63(64)51-29-25-47(59(35)60)67(48)69(51)52/h17-34H,9-16H2,1-8H3. The highest BCUT2D eigenvalue weighted by molar-refractivity contribution is 6.32. The molecule has 15 rings (SSSR count). The summed E-state index contributed by atoms with van der Waals surface area (Å²) in [6.07, 6.45) is 8.04. The van der Waals surface area contributed by atoms with Crippen molar-refractivity contribution in [2.75, 3.05) is 0 Å². The Hall–Kier alpha value is -7.02. The van der Waals surface area contributed by atoms with Gasteiger partial charge in [-0.25, -0.2) is 0 Å². The summed E-state index contributed by atoms with van der Waals surface area (Å²) < 4.78 is 0. The molecule has 0 N–H and O–H groups in total. The Bertz CT molecular complexity index is 3760. The van der Waals surface area contributed by atoms with Crippen LogP contribution in [-0.2, 0) is 51.4 Å². The highest BCUT2D eigenvalue weighted by Gasteiger charge is 2.38. The Labute approximate surface area is 412 Å². The molecule has 0 heteroatoms. The molecule has 70 heavy (non-hydrogen) atoms. The zero-order chi connectivity index (χ0) is 47.2. The Kier molecular flexibility index (Phi) is 8.34. The zero-order valence-electron chi connectivity index (χ0n) is 42.0. The molecule has 11 aromatic rings. The van der Waals surface area contributed by atoms with Crippen LogP contribution in [0.2, 0.25) is 0 Å². The lowest BCUT2D eigenvalue weighted by Gasteiger charge is -2.23. The summed E-state index contributed by atoms with van der Waals surface area (Å²) in [6, 6.07) is 43.9. The van der Waals surface area contributed by atoms with Crippen molar-refractivity contribution in [3.8, 4) is 89.0 Å². The first kappa shape index (κ1) is 40.8. The van der Waals surface area contributed by atoms with E-state index in [0.717, 1.165) is 51.4 Å². The summed E-state index contributed by atoms with van der Waals surface area (Å²) in [4.78, 5) is 0. The van der Waals surface area contributed by atoms with Crippen molar-refractivity contribution >= 4 is 64.6 Å². The van der Waals surface area contributed by atoms with E-state index in [0.29, 0.717) is 0 Å². The number of aryl methyl sites for hydroxylation is 8. The summed E-state index contributed by atoms with van der Waals surface area (Å²) in [6.45, 7) is 19.1. The SMILES string of the molecule is CCc1c2c(c(CC)c3ccccc13)-c1ccc3c4c(ccc-2c14)-c1c-3c(CC)c2cc3c(CC)c4c(c(CC)c3cc2c1CC)-c1ccc2c3c(ccc-4c13)-c1c-2c(CC)c2ccccc2c1CC. The quantitative estimate of drug-likeness (QED) is 0.133. The molecule has 0 heterocycles. The van der Waals surface area contributed by atoms with Gasteiger partial charge in [0, 0.05) is 0 Å². The maximum Gasteiger partial charge on any atom is -0.00137 e. The number of hydrogen-bond acceptors (Lipinski definition) is 0. The molecule has 4 aliphatic carbocycles. The lowest BCUT2D eigenvalue weighted by Crippen LogP contribution is -2.01. The van der Waals surface area contributed by atoms with Crippen molar-refractivity contribution < 1.29 is 0 Å². The number of fused-ring (bicyclic) bond motifs is 16. The number of rotatable bonds is 8. The van der Waals surface area contributed by atoms with E-state index in [1.54, 1.807) is 0 Å². The van der Waals surface area contributed by atoms with E-state index in [2.05, 4.69) is 165 Å². The van der Waals surface area contributed by atoms with Gasteiger partial charge in [0.1, 0.15) is 0 Å². The van der Waals surface area contributed by atoms with E-state index in [4.69, 9.17) is 0 Å². The van der Waals surface area contributed by atoms with Crippen molar-refractivity contribution in [2.24, 2.45) is 0 Å². The van der Waals surface area contributed by atoms with Gasteiger partial charge < -0.3 is 0 Å². The minimum Gasteiger partial charge on any atom is -0.0616 e. The maximum atomic E-state index is 2.68. The smallest absolute Gasteiger partial charge is 0.00137 e. The van der Waals surface area contributed by atoms with Crippen LogP contribution in [0.25, 0.3) is 154 Å². The Balaban J connectivity index is 1.01. The normalized spacial score (nSPS) is 13.0. The van der Waals surface area contributed by atoms with Crippen LogP contribution in [0.5, 0.6) is 0 Å². The van der Waals surface area contributed by atoms with Gasteiger partial charge in [-0.2, -0.15) is 0 Å². The van der Waals surface area contributed by atoms with E-state index < -0.39 is 0 Å². The van der Waals surface area contributed by atoms with Crippen molar-refractivity contribution in [1.82, 2.24) is 0 Å². The Morgan fingerprint density at radius 2 is 0.357 bits per heavy atom. The number of benzene rings is 11. The predicted molar refractivity (Wildman–Crippen MR) is 304 cm³/mol. The van der Waals surface area contributed by atoms with Gasteiger partial charge in [0.05, 0.1) is 0 Å². The first-order valence-electron chi connectivity index (χ1n) is 26.9. The third-order valence-electron chi connectivity index (χ3n) is 18.3. The fraction of sp³-hybridized carbons (Fsp3) is 0.229. The minimum absolute atomic E-state index is 0.989. The average Bonchev–Trinajstić information content (AvgIpc) is 4.13. The molecule has 0 aromatic heterocycles. The van der Waals surface area contributed by atoms with Gasteiger partial charge >= 0.3 is 0 Å². The van der Waals surface area contributed by atoms with Gasteiger partial charge in [-0.15, -0.1) is 0 Å². The Morgan fingerprint density at radius 1 is 0.200 bits per heavy atom. The van der Waals surface area contributed by atoms with Gasteiger partial charge in [0.25, 0.3) is 0 Å². The molecule has 0 unspecified atom stereocenters. The molecule has 0 nitrogen and oxygen atoms in total. The molecule has 0 saturated heterocycles. The largest absolute Gasteiger partial charge is 0.0616 e. The lowest BCUT2D eigenvalue weighted by molar-refractivity contribution is 1.13. The van der Waals surface area contributed by atoms with Crippen LogP contribution in [0.1, 0.15) is 99.9 Å². The van der Waals surface area contributed by atoms with Gasteiger partial charge in [-0.3, -0.25) is 0 Å². The second-order valence-electron chi connectivity index (χ2n) is 20.8. The summed E-state index contributed by atoms with van der Waals surface area (Å²) in [5.41, 5.74) is 35.5. The van der Waals surface area contributed by atoms with Crippen LogP contribution in [0.4, 0.5) is 0 Å². The van der Waals surface area contributed by atoms with Gasteiger partial charge in [0.15, 0.2) is 0 Å².